The monoisotopic (exact) mass is 378 g/mol. The molecule has 1 unspecified atom stereocenters. The summed E-state index contributed by atoms with van der Waals surface area (Å²) in [7, 11) is 0. The second-order valence-corrected chi connectivity index (χ2v) is 6.70. The van der Waals surface area contributed by atoms with E-state index in [1.807, 2.05) is 30.3 Å². The van der Waals surface area contributed by atoms with Gasteiger partial charge in [0, 0.05) is 23.5 Å². The zero-order chi connectivity index (χ0) is 19.8. The van der Waals surface area contributed by atoms with E-state index in [1.165, 1.54) is 11.6 Å². The summed E-state index contributed by atoms with van der Waals surface area (Å²) in [6, 6.07) is 23.1. The summed E-state index contributed by atoms with van der Waals surface area (Å²) in [6.07, 6.45) is 0.166. The van der Waals surface area contributed by atoms with Crippen molar-refractivity contribution in [3.8, 4) is 5.75 Å². The van der Waals surface area contributed by atoms with Crippen molar-refractivity contribution in [2.75, 3.05) is 18.4 Å². The Bertz CT molecular complexity index is 867. The van der Waals surface area contributed by atoms with Gasteiger partial charge in [-0.05, 0) is 60.5 Å². The summed E-state index contributed by atoms with van der Waals surface area (Å²) in [4.78, 5) is 0. The molecule has 0 spiro atoms. The van der Waals surface area contributed by atoms with Crippen molar-refractivity contribution in [3.63, 3.8) is 0 Å². The number of hydrogen-bond donors (Lipinski definition) is 5. The Kier molecular flexibility index (Phi) is 7.03. The first-order chi connectivity index (χ1) is 13.7. The van der Waals surface area contributed by atoms with E-state index in [0.717, 1.165) is 24.3 Å². The van der Waals surface area contributed by atoms with Gasteiger partial charge in [-0.1, -0.05) is 36.4 Å². The number of anilines is 2. The average molecular weight is 378 g/mol. The van der Waals surface area contributed by atoms with Crippen LogP contribution in [0.2, 0.25) is 0 Å². The Labute approximate surface area is 165 Å². The third kappa shape index (κ3) is 5.57. The van der Waals surface area contributed by atoms with Gasteiger partial charge in [-0.25, -0.2) is 0 Å². The lowest BCUT2D eigenvalue weighted by Crippen LogP contribution is -2.23. The van der Waals surface area contributed by atoms with Crippen molar-refractivity contribution in [2.24, 2.45) is 0 Å². The highest BCUT2D eigenvalue weighted by Crippen LogP contribution is 2.22. The van der Waals surface area contributed by atoms with Crippen LogP contribution < -0.4 is 10.6 Å². The predicted molar refractivity (Wildman–Crippen MR) is 112 cm³/mol. The van der Waals surface area contributed by atoms with Crippen LogP contribution in [0, 0.1) is 0 Å². The molecule has 1 atom stereocenters. The fourth-order valence-electron chi connectivity index (χ4n) is 2.97. The lowest BCUT2D eigenvalue weighted by molar-refractivity contribution is 0.174. The van der Waals surface area contributed by atoms with Gasteiger partial charge in [0.1, 0.15) is 5.75 Å². The number of benzene rings is 3. The van der Waals surface area contributed by atoms with Crippen molar-refractivity contribution in [3.05, 3.63) is 89.5 Å². The van der Waals surface area contributed by atoms with Crippen molar-refractivity contribution < 1.29 is 15.3 Å². The first kappa shape index (κ1) is 19.9. The first-order valence-corrected chi connectivity index (χ1v) is 9.38. The summed E-state index contributed by atoms with van der Waals surface area (Å²) in [5.74, 6) is 0.0385. The van der Waals surface area contributed by atoms with Gasteiger partial charge >= 0.3 is 0 Å². The second-order valence-electron chi connectivity index (χ2n) is 6.70. The van der Waals surface area contributed by atoms with Crippen molar-refractivity contribution in [2.45, 2.75) is 19.1 Å². The Morgan fingerprint density at radius 1 is 0.857 bits per heavy atom. The number of aliphatic hydroxyl groups excluding tert-OH is 2. The minimum absolute atomic E-state index is 0.0385. The van der Waals surface area contributed by atoms with Crippen molar-refractivity contribution in [1.29, 1.82) is 0 Å². The lowest BCUT2D eigenvalue weighted by atomic mass is 10.1. The molecule has 0 saturated carbocycles. The van der Waals surface area contributed by atoms with Crippen molar-refractivity contribution >= 4 is 11.4 Å². The molecule has 3 rings (SSSR count). The van der Waals surface area contributed by atoms with Crippen LogP contribution in [-0.2, 0) is 13.0 Å². The fourth-order valence-corrected chi connectivity index (χ4v) is 2.97. The van der Waals surface area contributed by atoms with E-state index in [0.29, 0.717) is 17.7 Å². The largest absolute Gasteiger partial charge is 0.508 e. The van der Waals surface area contributed by atoms with Gasteiger partial charge in [-0.3, -0.25) is 0 Å². The lowest BCUT2D eigenvalue weighted by Gasteiger charge is -2.14. The molecule has 0 fully saturated rings. The first-order valence-electron chi connectivity index (χ1n) is 9.38. The number of rotatable bonds is 9. The standard InChI is InChI=1S/C23H26N2O3/c26-16-19-14-18(8-11-22(19)27)23(28)15-24-13-12-17-6-9-21(10-7-17)25-20-4-2-1-3-5-20/h1-11,14,23-28H,12-13,15-16H2. The Morgan fingerprint density at radius 2 is 1.57 bits per heavy atom. The van der Waals surface area contributed by atoms with Crippen molar-refractivity contribution in [1.82, 2.24) is 5.32 Å². The molecule has 3 aromatic carbocycles. The maximum Gasteiger partial charge on any atom is 0.121 e. The average Bonchev–Trinajstić information content (AvgIpc) is 2.73. The highest BCUT2D eigenvalue weighted by atomic mass is 16.3. The molecule has 0 bridgehead atoms. The Hall–Kier alpha value is -2.86. The molecule has 3 aromatic rings. The molecule has 0 aromatic heterocycles. The summed E-state index contributed by atoms with van der Waals surface area (Å²) in [5.41, 5.74) is 4.41. The van der Waals surface area contributed by atoms with Gasteiger partial charge in [0.15, 0.2) is 0 Å². The van der Waals surface area contributed by atoms with Gasteiger partial charge < -0.3 is 26.0 Å². The summed E-state index contributed by atoms with van der Waals surface area (Å²) < 4.78 is 0. The third-order valence-corrected chi connectivity index (χ3v) is 4.60. The Balaban J connectivity index is 1.43. The van der Waals surface area contributed by atoms with Gasteiger partial charge in [0.25, 0.3) is 0 Å². The third-order valence-electron chi connectivity index (χ3n) is 4.60. The number of aromatic hydroxyl groups is 1. The van der Waals surface area contributed by atoms with Crippen LogP contribution in [0.4, 0.5) is 11.4 Å². The molecule has 5 nitrogen and oxygen atoms in total. The maximum absolute atomic E-state index is 10.3. The summed E-state index contributed by atoms with van der Waals surface area (Å²) >= 11 is 0. The van der Waals surface area contributed by atoms with E-state index in [4.69, 9.17) is 0 Å². The second kappa shape index (κ2) is 9.90. The zero-order valence-electron chi connectivity index (χ0n) is 15.7. The molecule has 5 N–H and O–H groups in total. The molecule has 28 heavy (non-hydrogen) atoms. The molecule has 0 aliphatic carbocycles. The van der Waals surface area contributed by atoms with Gasteiger partial charge in [0.05, 0.1) is 12.7 Å². The summed E-state index contributed by atoms with van der Waals surface area (Å²) in [6.45, 7) is 0.895. The Morgan fingerprint density at radius 3 is 2.29 bits per heavy atom. The molecule has 0 aliphatic heterocycles. The smallest absolute Gasteiger partial charge is 0.121 e. The normalized spacial score (nSPS) is 11.9. The summed E-state index contributed by atoms with van der Waals surface area (Å²) in [5, 5.41) is 35.7. The van der Waals surface area contributed by atoms with Crippen LogP contribution in [0.25, 0.3) is 0 Å². The van der Waals surface area contributed by atoms with E-state index in [-0.39, 0.29) is 12.4 Å². The SMILES string of the molecule is OCc1cc(C(O)CNCCc2ccc(Nc3ccccc3)cc2)ccc1O. The zero-order valence-corrected chi connectivity index (χ0v) is 15.7. The molecule has 0 heterocycles. The number of hydrogen-bond acceptors (Lipinski definition) is 5. The topological polar surface area (TPSA) is 84.8 Å². The van der Waals surface area contributed by atoms with E-state index in [2.05, 4.69) is 34.9 Å². The molecule has 0 saturated heterocycles. The fraction of sp³-hybridized carbons (Fsp3) is 0.217. The van der Waals surface area contributed by atoms with E-state index in [9.17, 15) is 15.3 Å². The minimum atomic E-state index is -0.691. The van der Waals surface area contributed by atoms with Crippen LogP contribution >= 0.6 is 0 Å². The number of para-hydroxylation sites is 1. The van der Waals surface area contributed by atoms with Crippen LogP contribution in [-0.4, -0.2) is 28.4 Å². The van der Waals surface area contributed by atoms with Crippen LogP contribution in [0.5, 0.6) is 5.75 Å². The van der Waals surface area contributed by atoms with E-state index < -0.39 is 6.10 Å². The maximum atomic E-state index is 10.3. The molecular formula is C23H26N2O3. The van der Waals surface area contributed by atoms with Gasteiger partial charge in [-0.15, -0.1) is 0 Å². The van der Waals surface area contributed by atoms with E-state index in [1.54, 1.807) is 12.1 Å². The highest BCUT2D eigenvalue weighted by Gasteiger charge is 2.10. The molecular weight excluding hydrogens is 352 g/mol. The van der Waals surface area contributed by atoms with Crippen LogP contribution in [0.3, 0.4) is 0 Å². The highest BCUT2D eigenvalue weighted by molar-refractivity contribution is 5.59. The predicted octanol–water partition coefficient (Wildman–Crippen LogP) is 3.49. The van der Waals surface area contributed by atoms with Crippen LogP contribution in [0.15, 0.2) is 72.8 Å². The van der Waals surface area contributed by atoms with E-state index >= 15 is 0 Å². The van der Waals surface area contributed by atoms with Gasteiger partial charge in [-0.2, -0.15) is 0 Å². The number of aliphatic hydroxyl groups is 2. The molecule has 0 aliphatic rings. The molecule has 0 amide bonds. The molecule has 0 radical (unpaired) electrons. The quantitative estimate of drug-likeness (QED) is 0.368. The number of nitrogens with one attached hydrogen (secondary N) is 2. The molecule has 146 valence electrons. The minimum Gasteiger partial charge on any atom is -0.508 e. The number of phenols is 1. The molecule has 5 heteroatoms. The van der Waals surface area contributed by atoms with Crippen LogP contribution in [0.1, 0.15) is 22.8 Å². The van der Waals surface area contributed by atoms with Gasteiger partial charge in [0.2, 0.25) is 0 Å².